The number of aliphatic imine (C=N–C) groups is 1. The minimum atomic E-state index is -1.44. The van der Waals surface area contributed by atoms with Crippen LogP contribution in [-0.4, -0.2) is 35.6 Å². The molecular weight excluding hydrogens is 264 g/mol. The maximum absolute atomic E-state index is 12.1. The van der Waals surface area contributed by atoms with Crippen LogP contribution in [0.1, 0.15) is 10.4 Å². The summed E-state index contributed by atoms with van der Waals surface area (Å²) in [4.78, 5) is 38.6. The first kappa shape index (κ1) is 13.5. The summed E-state index contributed by atoms with van der Waals surface area (Å²) in [6.45, 7) is 3.37. The lowest BCUT2D eigenvalue weighted by Crippen LogP contribution is -2.31. The van der Waals surface area contributed by atoms with E-state index in [2.05, 4.69) is 16.4 Å². The molecule has 2 aromatic rings. The van der Waals surface area contributed by atoms with E-state index in [4.69, 9.17) is 5.11 Å². The number of pyridine rings is 1. The van der Waals surface area contributed by atoms with Gasteiger partial charge in [-0.3, -0.25) is 9.79 Å². The molecular formula is C13H10N2O5. The zero-order valence-corrected chi connectivity index (χ0v) is 10.5. The first-order chi connectivity index (χ1) is 9.51. The van der Waals surface area contributed by atoms with Crippen molar-refractivity contribution in [3.63, 3.8) is 0 Å². The van der Waals surface area contributed by atoms with Gasteiger partial charge in [0.1, 0.15) is 5.56 Å². The van der Waals surface area contributed by atoms with E-state index >= 15 is 0 Å². The van der Waals surface area contributed by atoms with Gasteiger partial charge < -0.3 is 9.84 Å². The van der Waals surface area contributed by atoms with Crippen LogP contribution >= 0.6 is 0 Å². The van der Waals surface area contributed by atoms with E-state index in [0.29, 0.717) is 15.6 Å². The van der Waals surface area contributed by atoms with E-state index in [-0.39, 0.29) is 5.52 Å². The van der Waals surface area contributed by atoms with Gasteiger partial charge in [-0.2, -0.15) is 0 Å². The predicted octanol–water partition coefficient (Wildman–Crippen LogP) is 1.65. The minimum Gasteiger partial charge on any atom is -0.477 e. The van der Waals surface area contributed by atoms with E-state index in [1.807, 2.05) is 0 Å². The van der Waals surface area contributed by atoms with Crippen molar-refractivity contribution in [3.05, 3.63) is 40.2 Å². The molecule has 0 bridgehead atoms. The number of aromatic carboxylic acids is 1. The molecule has 20 heavy (non-hydrogen) atoms. The number of carboxylic acid groups (broad SMARTS) is 1. The van der Waals surface area contributed by atoms with Gasteiger partial charge in [-0.05, 0) is 24.9 Å². The third-order valence-corrected chi connectivity index (χ3v) is 2.78. The molecule has 0 aliphatic carbocycles. The molecule has 1 aromatic heterocycles. The number of aromatic nitrogens is 1. The molecule has 0 fully saturated rings. The zero-order valence-electron chi connectivity index (χ0n) is 10.5. The predicted molar refractivity (Wildman–Crippen MR) is 72.2 cm³/mol. The molecule has 2 rings (SSSR count). The lowest BCUT2D eigenvalue weighted by molar-refractivity contribution is 0.0695. The Hall–Kier alpha value is -2.96. The van der Waals surface area contributed by atoms with Gasteiger partial charge in [0, 0.05) is 5.39 Å². The number of carbonyl (C=O) groups is 2. The largest absolute Gasteiger partial charge is 0.477 e. The van der Waals surface area contributed by atoms with Crippen LogP contribution in [0, 0.1) is 0 Å². The fourth-order valence-electron chi connectivity index (χ4n) is 1.88. The van der Waals surface area contributed by atoms with Gasteiger partial charge in [-0.25, -0.2) is 14.2 Å². The molecule has 0 aliphatic heterocycles. The lowest BCUT2D eigenvalue weighted by atomic mass is 10.1. The Morgan fingerprint density at radius 1 is 1.40 bits per heavy atom. The maximum atomic E-state index is 12.1. The first-order valence-electron chi connectivity index (χ1n) is 5.48. The summed E-state index contributed by atoms with van der Waals surface area (Å²) in [5.74, 6) is -1.44. The average Bonchev–Trinajstić information content (AvgIpc) is 2.44. The lowest BCUT2D eigenvalue weighted by Gasteiger charge is -2.10. The van der Waals surface area contributed by atoms with Gasteiger partial charge >= 0.3 is 12.1 Å². The molecule has 0 radical (unpaired) electrons. The minimum absolute atomic E-state index is 0.205. The molecule has 7 heteroatoms. The molecule has 0 saturated carbocycles. The molecule has 1 N–H and O–H groups in total. The third kappa shape index (κ3) is 1.95. The Kier molecular flexibility index (Phi) is 3.34. The summed E-state index contributed by atoms with van der Waals surface area (Å²) in [6, 6.07) is 5.83. The molecule has 0 spiro atoms. The van der Waals surface area contributed by atoms with Crippen LogP contribution in [0.2, 0.25) is 0 Å². The summed E-state index contributed by atoms with van der Waals surface area (Å²) < 4.78 is 5.18. The summed E-state index contributed by atoms with van der Waals surface area (Å²) in [6.07, 6.45) is -0.968. The fraction of sp³-hybridized carbons (Fsp3) is 0.0769. The highest BCUT2D eigenvalue weighted by Gasteiger charge is 2.20. The number of benzene rings is 1. The van der Waals surface area contributed by atoms with Crippen molar-refractivity contribution in [3.8, 4) is 0 Å². The highest BCUT2D eigenvalue weighted by atomic mass is 16.5. The smallest absolute Gasteiger partial charge is 0.421 e. The second kappa shape index (κ2) is 4.96. The van der Waals surface area contributed by atoms with E-state index in [1.165, 1.54) is 12.1 Å². The standard InChI is InChI=1S/C13H10N2O5/c1-14-9-4-3-5-10-7(9)6-8(12(17)18)11(16)15(10)13(19)20-2/h3-6H,1H2,2H3,(H,17,18). The van der Waals surface area contributed by atoms with Crippen molar-refractivity contribution in [1.82, 2.24) is 4.57 Å². The molecule has 7 nitrogen and oxygen atoms in total. The van der Waals surface area contributed by atoms with Crippen molar-refractivity contribution >= 4 is 35.4 Å². The molecule has 1 aromatic carbocycles. The van der Waals surface area contributed by atoms with Gasteiger partial charge in [0.05, 0.1) is 18.3 Å². The molecule has 0 amide bonds. The van der Waals surface area contributed by atoms with Crippen LogP contribution in [0.25, 0.3) is 10.9 Å². The molecule has 1 heterocycles. The van der Waals surface area contributed by atoms with E-state index < -0.39 is 23.2 Å². The van der Waals surface area contributed by atoms with Crippen LogP contribution in [0.15, 0.2) is 34.1 Å². The molecule has 102 valence electrons. The summed E-state index contributed by atoms with van der Waals surface area (Å²) in [5, 5.41) is 9.38. The molecule has 0 aliphatic rings. The second-order valence-corrected chi connectivity index (χ2v) is 3.84. The van der Waals surface area contributed by atoms with E-state index in [1.54, 1.807) is 12.1 Å². The summed E-state index contributed by atoms with van der Waals surface area (Å²) in [5.41, 5.74) is -0.934. The Labute approximate surface area is 112 Å². The Morgan fingerprint density at radius 2 is 2.10 bits per heavy atom. The Bertz CT molecular complexity index is 791. The first-order valence-corrected chi connectivity index (χ1v) is 5.48. The highest BCUT2D eigenvalue weighted by molar-refractivity contribution is 6.00. The average molecular weight is 274 g/mol. The SMILES string of the molecule is C=Nc1cccc2c1cc(C(=O)O)c(=O)n2C(=O)OC. The highest BCUT2D eigenvalue weighted by Crippen LogP contribution is 2.25. The van der Waals surface area contributed by atoms with Gasteiger partial charge in [0.15, 0.2) is 0 Å². The van der Waals surface area contributed by atoms with E-state index in [9.17, 15) is 14.4 Å². The molecule has 0 atom stereocenters. The van der Waals surface area contributed by atoms with Gasteiger partial charge in [0.2, 0.25) is 0 Å². The van der Waals surface area contributed by atoms with Crippen molar-refractivity contribution in [2.45, 2.75) is 0 Å². The van der Waals surface area contributed by atoms with Crippen LogP contribution in [0.5, 0.6) is 0 Å². The number of methoxy groups -OCH3 is 1. The number of carbonyl (C=O) groups excluding carboxylic acids is 1. The van der Waals surface area contributed by atoms with Gasteiger partial charge in [-0.15, -0.1) is 0 Å². The third-order valence-electron chi connectivity index (χ3n) is 2.78. The number of fused-ring (bicyclic) bond motifs is 1. The molecule has 0 saturated heterocycles. The number of hydrogen-bond acceptors (Lipinski definition) is 5. The van der Waals surface area contributed by atoms with E-state index in [0.717, 1.165) is 7.11 Å². The number of carboxylic acids is 1. The number of hydrogen-bond donors (Lipinski definition) is 1. The summed E-state index contributed by atoms with van der Waals surface area (Å²) in [7, 11) is 1.10. The van der Waals surface area contributed by atoms with Crippen molar-refractivity contribution in [1.29, 1.82) is 0 Å². The summed E-state index contributed by atoms with van der Waals surface area (Å²) >= 11 is 0. The van der Waals surface area contributed by atoms with Crippen LogP contribution in [0.3, 0.4) is 0 Å². The van der Waals surface area contributed by atoms with Gasteiger partial charge in [0.25, 0.3) is 5.56 Å². The Balaban J connectivity index is 3.04. The molecule has 0 unspecified atom stereocenters. The Morgan fingerprint density at radius 3 is 2.65 bits per heavy atom. The van der Waals surface area contributed by atoms with Gasteiger partial charge in [-0.1, -0.05) is 6.07 Å². The van der Waals surface area contributed by atoms with Crippen LogP contribution in [0.4, 0.5) is 10.5 Å². The second-order valence-electron chi connectivity index (χ2n) is 3.84. The monoisotopic (exact) mass is 274 g/mol. The van der Waals surface area contributed by atoms with Crippen molar-refractivity contribution in [2.75, 3.05) is 7.11 Å². The quantitative estimate of drug-likeness (QED) is 0.839. The normalized spacial score (nSPS) is 10.2. The van der Waals surface area contributed by atoms with Crippen LogP contribution in [-0.2, 0) is 4.74 Å². The van der Waals surface area contributed by atoms with Crippen molar-refractivity contribution < 1.29 is 19.4 Å². The number of rotatable bonds is 2. The maximum Gasteiger partial charge on any atom is 0.421 e. The number of ether oxygens (including phenoxy) is 1. The zero-order chi connectivity index (χ0) is 14.9. The number of nitrogens with zero attached hydrogens (tertiary/aromatic N) is 2. The fourth-order valence-corrected chi connectivity index (χ4v) is 1.88. The van der Waals surface area contributed by atoms with Crippen molar-refractivity contribution in [2.24, 2.45) is 4.99 Å². The topological polar surface area (TPSA) is 98.0 Å². The van der Waals surface area contributed by atoms with Crippen LogP contribution < -0.4 is 5.56 Å².